The fraction of sp³-hybridized carbons (Fsp3) is 0.667. The molecule has 0 saturated heterocycles. The van der Waals surface area contributed by atoms with Gasteiger partial charge in [-0.3, -0.25) is 0 Å². The van der Waals surface area contributed by atoms with Crippen LogP contribution < -0.4 is 0 Å². The molecule has 0 radical (unpaired) electrons. The summed E-state index contributed by atoms with van der Waals surface area (Å²) in [6, 6.07) is 0. The lowest BCUT2D eigenvalue weighted by Crippen LogP contribution is -2.06. The Kier molecular flexibility index (Phi) is 2.87. The Morgan fingerprint density at radius 3 is 2.83 bits per heavy atom. The molecule has 0 aromatic rings. The summed E-state index contributed by atoms with van der Waals surface area (Å²) in [7, 11) is 0. The predicted molar refractivity (Wildman–Crippen MR) is 44.6 cm³/mol. The van der Waals surface area contributed by atoms with E-state index in [0.29, 0.717) is 18.4 Å². The van der Waals surface area contributed by atoms with Gasteiger partial charge in [0, 0.05) is 5.57 Å². The Morgan fingerprint density at radius 2 is 2.42 bits per heavy atom. The molecule has 0 amide bonds. The molecule has 2 atom stereocenters. The van der Waals surface area contributed by atoms with Gasteiger partial charge in [-0.05, 0) is 32.8 Å². The predicted octanol–water partition coefficient (Wildman–Crippen LogP) is 1.02. The molecule has 1 aliphatic rings. The molecule has 0 aromatic carbocycles. The highest BCUT2D eigenvalue weighted by molar-refractivity contribution is 5.90. The first kappa shape index (κ1) is 9.26. The summed E-state index contributed by atoms with van der Waals surface area (Å²) in [6.45, 7) is 3.54. The third kappa shape index (κ3) is 2.34. The smallest absolute Gasteiger partial charge is 0.334 e. The molecule has 1 heterocycles. The van der Waals surface area contributed by atoms with Crippen molar-refractivity contribution in [3.63, 3.8) is 0 Å². The van der Waals surface area contributed by atoms with Crippen LogP contribution in [-0.4, -0.2) is 23.3 Å². The van der Waals surface area contributed by atoms with Gasteiger partial charge < -0.3 is 9.84 Å². The van der Waals surface area contributed by atoms with Crippen molar-refractivity contribution in [3.05, 3.63) is 11.6 Å². The third-order valence-electron chi connectivity index (χ3n) is 1.82. The highest BCUT2D eigenvalue weighted by atomic mass is 16.5. The van der Waals surface area contributed by atoms with Crippen molar-refractivity contribution in [2.24, 2.45) is 0 Å². The van der Waals surface area contributed by atoms with E-state index in [1.54, 1.807) is 6.92 Å². The van der Waals surface area contributed by atoms with Gasteiger partial charge in [-0.15, -0.1) is 0 Å². The van der Waals surface area contributed by atoms with E-state index in [9.17, 15) is 4.79 Å². The fourth-order valence-electron chi connectivity index (χ4n) is 1.18. The van der Waals surface area contributed by atoms with E-state index in [1.165, 1.54) is 0 Å². The van der Waals surface area contributed by atoms with Crippen LogP contribution in [0.2, 0.25) is 0 Å². The zero-order chi connectivity index (χ0) is 9.14. The highest BCUT2D eigenvalue weighted by Crippen LogP contribution is 2.18. The van der Waals surface area contributed by atoms with Gasteiger partial charge in [-0.25, -0.2) is 4.79 Å². The van der Waals surface area contributed by atoms with Crippen LogP contribution in [0.4, 0.5) is 0 Å². The number of hydrogen-bond acceptors (Lipinski definition) is 3. The van der Waals surface area contributed by atoms with Gasteiger partial charge in [0.05, 0.1) is 6.10 Å². The van der Waals surface area contributed by atoms with E-state index in [-0.39, 0.29) is 18.2 Å². The lowest BCUT2D eigenvalue weighted by atomic mass is 10.1. The minimum absolute atomic E-state index is 0.0958. The van der Waals surface area contributed by atoms with Crippen molar-refractivity contribution in [1.29, 1.82) is 0 Å². The number of carbonyl (C=O) groups is 1. The van der Waals surface area contributed by atoms with Gasteiger partial charge >= 0.3 is 5.97 Å². The first-order valence-corrected chi connectivity index (χ1v) is 4.19. The Morgan fingerprint density at radius 1 is 1.75 bits per heavy atom. The number of ether oxygens (including phenoxy) is 1. The Hall–Kier alpha value is -0.830. The van der Waals surface area contributed by atoms with Crippen molar-refractivity contribution in [2.75, 3.05) is 0 Å². The van der Waals surface area contributed by atoms with E-state index >= 15 is 0 Å². The average molecular weight is 170 g/mol. The van der Waals surface area contributed by atoms with Crippen LogP contribution in [0.5, 0.6) is 0 Å². The summed E-state index contributed by atoms with van der Waals surface area (Å²) >= 11 is 0. The van der Waals surface area contributed by atoms with Crippen molar-refractivity contribution in [2.45, 2.75) is 38.9 Å². The molecule has 0 fully saturated rings. The topological polar surface area (TPSA) is 46.5 Å². The number of cyclic esters (lactones) is 1. The zero-order valence-electron chi connectivity index (χ0n) is 7.41. The van der Waals surface area contributed by atoms with Crippen LogP contribution in [0, 0.1) is 0 Å². The second-order valence-electron chi connectivity index (χ2n) is 3.19. The maximum absolute atomic E-state index is 11.0. The van der Waals surface area contributed by atoms with E-state index in [0.717, 1.165) is 0 Å². The second-order valence-corrected chi connectivity index (χ2v) is 3.19. The molecular weight excluding hydrogens is 156 g/mol. The molecule has 0 bridgehead atoms. The number of hydrogen-bond donors (Lipinski definition) is 1. The van der Waals surface area contributed by atoms with Crippen LogP contribution >= 0.6 is 0 Å². The maximum atomic E-state index is 11.0. The van der Waals surface area contributed by atoms with Crippen molar-refractivity contribution >= 4 is 5.97 Å². The molecule has 1 N–H and O–H groups in total. The van der Waals surface area contributed by atoms with Gasteiger partial charge in [0.1, 0.15) is 6.10 Å². The Balaban J connectivity index is 2.41. The highest BCUT2D eigenvalue weighted by Gasteiger charge is 2.21. The lowest BCUT2D eigenvalue weighted by molar-refractivity contribution is -0.139. The quantitative estimate of drug-likeness (QED) is 0.643. The normalized spacial score (nSPS) is 25.1. The van der Waals surface area contributed by atoms with Gasteiger partial charge in [0.2, 0.25) is 0 Å². The first-order valence-electron chi connectivity index (χ1n) is 4.19. The summed E-state index contributed by atoms with van der Waals surface area (Å²) in [5.41, 5.74) is 0.698. The van der Waals surface area contributed by atoms with Gasteiger partial charge in [0.25, 0.3) is 0 Å². The summed E-state index contributed by atoms with van der Waals surface area (Å²) < 4.78 is 4.89. The van der Waals surface area contributed by atoms with Crippen LogP contribution in [0.25, 0.3) is 0 Å². The van der Waals surface area contributed by atoms with Crippen molar-refractivity contribution < 1.29 is 14.6 Å². The minimum Gasteiger partial charge on any atom is -0.455 e. The Bertz CT molecular complexity index is 206. The minimum atomic E-state index is -0.352. The molecule has 0 aromatic heterocycles. The SMILES string of the molecule is CC(O)CCC1=CC(C)OC1=O. The molecule has 0 aliphatic carbocycles. The maximum Gasteiger partial charge on any atom is 0.334 e. The molecule has 0 saturated carbocycles. The summed E-state index contributed by atoms with van der Waals surface area (Å²) in [6.07, 6.45) is 2.59. The molecule has 0 spiro atoms. The average Bonchev–Trinajstić information content (AvgIpc) is 2.26. The zero-order valence-corrected chi connectivity index (χ0v) is 7.41. The molecule has 3 heteroatoms. The second kappa shape index (κ2) is 3.72. The van der Waals surface area contributed by atoms with Crippen LogP contribution in [-0.2, 0) is 9.53 Å². The molecule has 12 heavy (non-hydrogen) atoms. The summed E-state index contributed by atoms with van der Waals surface area (Å²) in [4.78, 5) is 11.0. The summed E-state index contributed by atoms with van der Waals surface area (Å²) in [5.74, 6) is -0.233. The van der Waals surface area contributed by atoms with Gasteiger partial charge in [-0.1, -0.05) is 0 Å². The molecule has 68 valence electrons. The number of esters is 1. The largest absolute Gasteiger partial charge is 0.455 e. The van der Waals surface area contributed by atoms with Crippen LogP contribution in [0.3, 0.4) is 0 Å². The molecule has 1 rings (SSSR count). The van der Waals surface area contributed by atoms with Crippen LogP contribution in [0.15, 0.2) is 11.6 Å². The van der Waals surface area contributed by atoms with E-state index in [2.05, 4.69) is 0 Å². The van der Waals surface area contributed by atoms with Gasteiger partial charge in [0.15, 0.2) is 0 Å². The first-order chi connectivity index (χ1) is 5.59. The van der Waals surface area contributed by atoms with Crippen LogP contribution in [0.1, 0.15) is 26.7 Å². The lowest BCUT2D eigenvalue weighted by Gasteiger charge is -2.02. The third-order valence-corrected chi connectivity index (χ3v) is 1.82. The Labute approximate surface area is 72.0 Å². The van der Waals surface area contributed by atoms with E-state index in [4.69, 9.17) is 9.84 Å². The number of aliphatic hydroxyl groups excluding tert-OH is 1. The fourth-order valence-corrected chi connectivity index (χ4v) is 1.18. The van der Waals surface area contributed by atoms with Crippen molar-refractivity contribution in [1.82, 2.24) is 0 Å². The van der Waals surface area contributed by atoms with E-state index in [1.807, 2.05) is 13.0 Å². The molecular formula is C9H14O3. The monoisotopic (exact) mass is 170 g/mol. The number of carbonyl (C=O) groups excluding carboxylic acids is 1. The molecule has 3 nitrogen and oxygen atoms in total. The standard InChI is InChI=1S/C9H14O3/c1-6(10)3-4-8-5-7(2)12-9(8)11/h5-7,10H,3-4H2,1-2H3. The molecule has 1 aliphatic heterocycles. The summed E-state index contributed by atoms with van der Waals surface area (Å²) in [5, 5.41) is 8.99. The number of aliphatic hydroxyl groups is 1. The van der Waals surface area contributed by atoms with Crippen molar-refractivity contribution in [3.8, 4) is 0 Å². The number of rotatable bonds is 3. The molecule has 2 unspecified atom stereocenters. The van der Waals surface area contributed by atoms with Gasteiger partial charge in [-0.2, -0.15) is 0 Å². The van der Waals surface area contributed by atoms with E-state index < -0.39 is 0 Å².